The van der Waals surface area contributed by atoms with Crippen LogP contribution in [-0.4, -0.2) is 34.4 Å². The number of hydrogen-bond donors (Lipinski definition) is 3. The average molecular weight is 421 g/mol. The fourth-order valence-corrected chi connectivity index (χ4v) is 3.00. The van der Waals surface area contributed by atoms with Crippen LogP contribution in [0.2, 0.25) is 0 Å². The van der Waals surface area contributed by atoms with E-state index in [9.17, 15) is 25.1 Å². The maximum atomic E-state index is 13.0. The Kier molecular flexibility index (Phi) is 6.27. The Morgan fingerprint density at radius 1 is 1.10 bits per heavy atom. The Morgan fingerprint density at radius 3 is 2.13 bits per heavy atom. The quantitative estimate of drug-likeness (QED) is 0.305. The molecule has 0 aliphatic carbocycles. The summed E-state index contributed by atoms with van der Waals surface area (Å²) in [6, 6.07) is 18.8. The molecule has 3 aromatic carbocycles. The number of benzene rings is 3. The van der Waals surface area contributed by atoms with E-state index in [0.29, 0.717) is 11.1 Å². The zero-order valence-electron chi connectivity index (χ0n) is 16.4. The van der Waals surface area contributed by atoms with Crippen molar-refractivity contribution in [1.82, 2.24) is 5.43 Å². The normalized spacial score (nSPS) is 11.3. The minimum Gasteiger partial charge on any atom is -0.504 e. The van der Waals surface area contributed by atoms with Crippen LogP contribution in [-0.2, 0) is 10.4 Å². The largest absolute Gasteiger partial charge is 0.504 e. The van der Waals surface area contributed by atoms with Crippen molar-refractivity contribution in [3.8, 4) is 11.5 Å². The third-order valence-electron chi connectivity index (χ3n) is 4.60. The predicted molar refractivity (Wildman–Crippen MR) is 113 cm³/mol. The number of amides is 1. The fraction of sp³-hybridized carbons (Fsp3) is 0.0909. The van der Waals surface area contributed by atoms with E-state index in [1.807, 2.05) is 0 Å². The van der Waals surface area contributed by atoms with Crippen LogP contribution in [0.25, 0.3) is 0 Å². The second kappa shape index (κ2) is 9.06. The highest BCUT2D eigenvalue weighted by molar-refractivity contribution is 5.92. The molecule has 0 heterocycles. The molecule has 0 aliphatic rings. The van der Waals surface area contributed by atoms with Gasteiger partial charge in [-0.3, -0.25) is 14.9 Å². The molecule has 0 saturated heterocycles. The lowest BCUT2D eigenvalue weighted by atomic mass is 9.85. The van der Waals surface area contributed by atoms with Gasteiger partial charge >= 0.3 is 0 Å². The van der Waals surface area contributed by atoms with Crippen LogP contribution in [0.5, 0.6) is 11.5 Å². The zero-order valence-corrected chi connectivity index (χ0v) is 16.4. The number of hydrazone groups is 1. The topological polar surface area (TPSA) is 134 Å². The highest BCUT2D eigenvalue weighted by Gasteiger charge is 2.39. The molecule has 1 amide bonds. The summed E-state index contributed by atoms with van der Waals surface area (Å²) in [5.41, 5.74) is 0.483. The number of nitro groups is 1. The predicted octanol–water partition coefficient (Wildman–Crippen LogP) is 2.70. The van der Waals surface area contributed by atoms with Crippen LogP contribution < -0.4 is 10.2 Å². The molecule has 3 N–H and O–H groups in total. The van der Waals surface area contributed by atoms with Gasteiger partial charge in [0, 0.05) is 11.6 Å². The van der Waals surface area contributed by atoms with Gasteiger partial charge < -0.3 is 14.9 Å². The molecule has 9 heteroatoms. The van der Waals surface area contributed by atoms with E-state index in [4.69, 9.17) is 4.74 Å². The van der Waals surface area contributed by atoms with Gasteiger partial charge in [-0.15, -0.1) is 0 Å². The van der Waals surface area contributed by atoms with Crippen LogP contribution in [0.3, 0.4) is 0 Å². The Hall–Kier alpha value is -4.24. The first-order chi connectivity index (χ1) is 14.9. The number of methoxy groups -OCH3 is 1. The van der Waals surface area contributed by atoms with Gasteiger partial charge in [0.25, 0.3) is 11.6 Å². The Labute approximate surface area is 177 Å². The maximum absolute atomic E-state index is 13.0. The van der Waals surface area contributed by atoms with Crippen molar-refractivity contribution < 1.29 is 24.7 Å². The Morgan fingerprint density at radius 2 is 1.65 bits per heavy atom. The van der Waals surface area contributed by atoms with Crippen molar-refractivity contribution in [2.75, 3.05) is 7.11 Å². The lowest BCUT2D eigenvalue weighted by Crippen LogP contribution is -2.43. The molecule has 0 aromatic heterocycles. The van der Waals surface area contributed by atoms with Gasteiger partial charge in [-0.1, -0.05) is 60.7 Å². The highest BCUT2D eigenvalue weighted by Crippen LogP contribution is 2.33. The van der Waals surface area contributed by atoms with Gasteiger partial charge in [-0.05, 0) is 11.1 Å². The number of phenolic OH excluding ortho intramolecular Hbond substituents is 1. The smallest absolute Gasteiger partial charge is 0.281 e. The van der Waals surface area contributed by atoms with Gasteiger partial charge in [0.05, 0.1) is 24.3 Å². The summed E-state index contributed by atoms with van der Waals surface area (Å²) in [5, 5.41) is 36.4. The summed E-state index contributed by atoms with van der Waals surface area (Å²) in [6.45, 7) is 0. The van der Waals surface area contributed by atoms with E-state index < -0.39 is 16.4 Å². The SMILES string of the molecule is COc1cc([N+](=O)[O-])cc(/C=N\NC(=O)C(O)(c2ccccc2)c2ccccc2)c1O. The molecule has 0 bridgehead atoms. The van der Waals surface area contributed by atoms with E-state index in [1.165, 1.54) is 7.11 Å². The summed E-state index contributed by atoms with van der Waals surface area (Å²) in [4.78, 5) is 23.4. The third-order valence-corrected chi connectivity index (χ3v) is 4.60. The molecular weight excluding hydrogens is 402 g/mol. The molecule has 0 atom stereocenters. The van der Waals surface area contributed by atoms with Gasteiger partial charge in [0.2, 0.25) is 0 Å². The van der Waals surface area contributed by atoms with Crippen molar-refractivity contribution in [2.45, 2.75) is 5.60 Å². The number of rotatable bonds is 7. The number of ether oxygens (including phenoxy) is 1. The first-order valence-corrected chi connectivity index (χ1v) is 9.10. The molecule has 31 heavy (non-hydrogen) atoms. The standard InChI is InChI=1S/C22H19N3O6/c1-31-19-13-18(25(29)30)12-15(20(19)26)14-23-24-21(27)22(28,16-8-4-2-5-9-16)17-10-6-3-7-11-17/h2-14,26,28H,1H3,(H,24,27)/b23-14-. The van der Waals surface area contributed by atoms with Crippen molar-refractivity contribution in [1.29, 1.82) is 0 Å². The molecule has 0 unspecified atom stereocenters. The fourth-order valence-electron chi connectivity index (χ4n) is 3.00. The van der Waals surface area contributed by atoms with Gasteiger partial charge in [0.1, 0.15) is 0 Å². The molecule has 9 nitrogen and oxygen atoms in total. The van der Waals surface area contributed by atoms with Gasteiger partial charge in [-0.2, -0.15) is 5.10 Å². The molecule has 3 aromatic rings. The zero-order chi connectivity index (χ0) is 22.4. The maximum Gasteiger partial charge on any atom is 0.281 e. The van der Waals surface area contributed by atoms with Crippen molar-refractivity contribution >= 4 is 17.8 Å². The summed E-state index contributed by atoms with van der Waals surface area (Å²) in [5.74, 6) is -1.35. The summed E-state index contributed by atoms with van der Waals surface area (Å²) in [7, 11) is 1.25. The average Bonchev–Trinajstić information content (AvgIpc) is 2.80. The lowest BCUT2D eigenvalue weighted by molar-refractivity contribution is -0.385. The van der Waals surface area contributed by atoms with E-state index in [-0.39, 0.29) is 22.7 Å². The van der Waals surface area contributed by atoms with Crippen LogP contribution in [0, 0.1) is 10.1 Å². The first kappa shape index (κ1) is 21.5. The van der Waals surface area contributed by atoms with E-state index in [1.54, 1.807) is 60.7 Å². The number of carbonyl (C=O) groups is 1. The third kappa shape index (κ3) is 4.36. The lowest BCUT2D eigenvalue weighted by Gasteiger charge is -2.27. The Bertz CT molecular complexity index is 1080. The molecular formula is C22H19N3O6. The summed E-state index contributed by atoms with van der Waals surface area (Å²) < 4.78 is 4.93. The van der Waals surface area contributed by atoms with E-state index in [0.717, 1.165) is 18.3 Å². The minimum absolute atomic E-state index is 0.0469. The van der Waals surface area contributed by atoms with Crippen molar-refractivity contribution in [3.63, 3.8) is 0 Å². The second-order valence-corrected chi connectivity index (χ2v) is 6.48. The van der Waals surface area contributed by atoms with E-state index in [2.05, 4.69) is 10.5 Å². The molecule has 158 valence electrons. The molecule has 0 fully saturated rings. The number of nitro benzene ring substituents is 1. The van der Waals surface area contributed by atoms with E-state index >= 15 is 0 Å². The van der Waals surface area contributed by atoms with Crippen LogP contribution in [0.4, 0.5) is 5.69 Å². The number of aromatic hydroxyl groups is 1. The number of hydrogen-bond acceptors (Lipinski definition) is 7. The molecule has 0 aliphatic heterocycles. The highest BCUT2D eigenvalue weighted by atomic mass is 16.6. The monoisotopic (exact) mass is 421 g/mol. The molecule has 0 saturated carbocycles. The number of phenols is 1. The summed E-state index contributed by atoms with van der Waals surface area (Å²) >= 11 is 0. The number of non-ortho nitro benzene ring substituents is 1. The van der Waals surface area contributed by atoms with Crippen LogP contribution >= 0.6 is 0 Å². The Balaban J connectivity index is 1.93. The molecule has 3 rings (SSSR count). The van der Waals surface area contributed by atoms with Crippen molar-refractivity contribution in [3.05, 3.63) is 99.6 Å². The number of nitrogens with one attached hydrogen (secondary N) is 1. The second-order valence-electron chi connectivity index (χ2n) is 6.48. The molecule has 0 spiro atoms. The number of aliphatic hydroxyl groups is 1. The number of carbonyl (C=O) groups excluding carboxylic acids is 1. The number of nitrogens with zero attached hydrogens (tertiary/aromatic N) is 2. The first-order valence-electron chi connectivity index (χ1n) is 9.10. The van der Waals surface area contributed by atoms with Crippen LogP contribution in [0.15, 0.2) is 77.9 Å². The van der Waals surface area contributed by atoms with Gasteiger partial charge in [0.15, 0.2) is 17.1 Å². The minimum atomic E-state index is -2.04. The molecule has 0 radical (unpaired) electrons. The summed E-state index contributed by atoms with van der Waals surface area (Å²) in [6.07, 6.45) is 1.03. The van der Waals surface area contributed by atoms with Crippen molar-refractivity contribution in [2.24, 2.45) is 5.10 Å². The van der Waals surface area contributed by atoms with Gasteiger partial charge in [-0.25, -0.2) is 5.43 Å². The van der Waals surface area contributed by atoms with Crippen LogP contribution in [0.1, 0.15) is 16.7 Å².